The van der Waals surface area contributed by atoms with Crippen LogP contribution in [0.15, 0.2) is 12.2 Å². The van der Waals surface area contributed by atoms with E-state index in [4.69, 9.17) is 0 Å². The van der Waals surface area contributed by atoms with Crippen molar-refractivity contribution in [2.24, 2.45) is 34.0 Å². The van der Waals surface area contributed by atoms with Crippen molar-refractivity contribution in [3.8, 4) is 0 Å². The first kappa shape index (κ1) is 16.7. The molecule has 0 aromatic carbocycles. The summed E-state index contributed by atoms with van der Waals surface area (Å²) < 4.78 is 0. The van der Waals surface area contributed by atoms with Crippen LogP contribution >= 0.6 is 0 Å². The summed E-state index contributed by atoms with van der Waals surface area (Å²) in [5.74, 6) is -0.532. The Kier molecular flexibility index (Phi) is 3.29. The van der Waals surface area contributed by atoms with Gasteiger partial charge in [-0.2, -0.15) is 0 Å². The molecule has 0 amide bonds. The van der Waals surface area contributed by atoms with E-state index in [9.17, 15) is 20.1 Å². The lowest BCUT2D eigenvalue weighted by molar-refractivity contribution is -0.245. The van der Waals surface area contributed by atoms with Crippen molar-refractivity contribution >= 4 is 5.78 Å². The standard InChI is InChI=1S/C20H30O4/c1-10-11-9-12(21)15-19(4)13(18(2,3)7-6-14(19)22)5-8-20(15,16(10)23)17(11)24/h11-15,17,21-22,24H,1,5-9H2,2-4H3. The summed E-state index contributed by atoms with van der Waals surface area (Å²) in [6.07, 6.45) is 1.46. The molecule has 2 bridgehead atoms. The molecule has 0 radical (unpaired) electrons. The molecule has 4 aliphatic carbocycles. The van der Waals surface area contributed by atoms with Crippen molar-refractivity contribution in [1.29, 1.82) is 0 Å². The SMILES string of the molecule is C=C1C(=O)C23CCC4C(C)(C)CCC(O)C4(C)C2C(O)CC1C3O. The van der Waals surface area contributed by atoms with Crippen molar-refractivity contribution in [3.63, 3.8) is 0 Å². The van der Waals surface area contributed by atoms with Gasteiger partial charge in [-0.05, 0) is 49.0 Å². The Bertz CT molecular complexity index is 611. The van der Waals surface area contributed by atoms with Gasteiger partial charge in [0.1, 0.15) is 0 Å². The first-order valence-corrected chi connectivity index (χ1v) is 9.36. The minimum absolute atomic E-state index is 0.0585. The number of rotatable bonds is 0. The molecule has 3 N–H and O–H groups in total. The van der Waals surface area contributed by atoms with Crippen LogP contribution < -0.4 is 0 Å². The molecule has 0 saturated heterocycles. The number of ketones is 1. The maximum absolute atomic E-state index is 13.1. The Hall–Kier alpha value is -0.710. The molecule has 8 atom stereocenters. The molecule has 4 fully saturated rings. The van der Waals surface area contributed by atoms with Gasteiger partial charge in [0.05, 0.1) is 23.7 Å². The second-order valence-corrected chi connectivity index (χ2v) is 9.73. The predicted molar refractivity (Wildman–Crippen MR) is 90.0 cm³/mol. The van der Waals surface area contributed by atoms with E-state index >= 15 is 0 Å². The number of carbonyl (C=O) groups excluding carboxylic acids is 1. The molecule has 134 valence electrons. The zero-order valence-electron chi connectivity index (χ0n) is 15.0. The Balaban J connectivity index is 1.90. The topological polar surface area (TPSA) is 77.8 Å². The van der Waals surface area contributed by atoms with Gasteiger partial charge in [-0.3, -0.25) is 4.79 Å². The van der Waals surface area contributed by atoms with Crippen molar-refractivity contribution in [2.75, 3.05) is 0 Å². The molecule has 0 aromatic rings. The van der Waals surface area contributed by atoms with Gasteiger partial charge in [0.15, 0.2) is 5.78 Å². The molecule has 24 heavy (non-hydrogen) atoms. The molecule has 8 unspecified atom stereocenters. The number of aliphatic hydroxyl groups excluding tert-OH is 3. The first-order chi connectivity index (χ1) is 11.1. The van der Waals surface area contributed by atoms with Gasteiger partial charge in [-0.25, -0.2) is 0 Å². The average molecular weight is 334 g/mol. The molecule has 4 rings (SSSR count). The van der Waals surface area contributed by atoms with Gasteiger partial charge in [-0.15, -0.1) is 0 Å². The third-order valence-electron chi connectivity index (χ3n) is 8.50. The van der Waals surface area contributed by atoms with Crippen molar-refractivity contribution in [3.05, 3.63) is 12.2 Å². The molecular weight excluding hydrogens is 304 g/mol. The summed E-state index contributed by atoms with van der Waals surface area (Å²) in [5.41, 5.74) is -0.948. The fourth-order valence-electron chi connectivity index (χ4n) is 7.45. The van der Waals surface area contributed by atoms with E-state index in [0.717, 1.165) is 12.8 Å². The number of aliphatic hydroxyl groups is 3. The summed E-state index contributed by atoms with van der Waals surface area (Å²) >= 11 is 0. The van der Waals surface area contributed by atoms with E-state index in [2.05, 4.69) is 27.4 Å². The molecule has 4 nitrogen and oxygen atoms in total. The van der Waals surface area contributed by atoms with Crippen LogP contribution in [0, 0.1) is 34.0 Å². The lowest BCUT2D eigenvalue weighted by Gasteiger charge is -2.66. The third kappa shape index (κ3) is 1.63. The second kappa shape index (κ2) is 4.72. The van der Waals surface area contributed by atoms with Crippen LogP contribution in [0.2, 0.25) is 0 Å². The van der Waals surface area contributed by atoms with E-state index in [-0.39, 0.29) is 23.0 Å². The van der Waals surface area contributed by atoms with Crippen LogP contribution in [0.5, 0.6) is 0 Å². The first-order valence-electron chi connectivity index (χ1n) is 9.36. The highest BCUT2D eigenvalue weighted by molar-refractivity contribution is 6.04. The smallest absolute Gasteiger partial charge is 0.167 e. The summed E-state index contributed by atoms with van der Waals surface area (Å²) in [6.45, 7) is 10.5. The Labute approximate surface area is 144 Å². The number of hydrogen-bond donors (Lipinski definition) is 3. The van der Waals surface area contributed by atoms with Crippen LogP contribution in [0.1, 0.15) is 52.9 Å². The largest absolute Gasteiger partial charge is 0.393 e. The van der Waals surface area contributed by atoms with E-state index in [1.54, 1.807) is 0 Å². The molecule has 0 aromatic heterocycles. The van der Waals surface area contributed by atoms with Crippen molar-refractivity contribution in [2.45, 2.75) is 71.2 Å². The van der Waals surface area contributed by atoms with Gasteiger partial charge < -0.3 is 15.3 Å². The van der Waals surface area contributed by atoms with Crippen LogP contribution in [-0.4, -0.2) is 39.4 Å². The van der Waals surface area contributed by atoms with Gasteiger partial charge in [0.2, 0.25) is 0 Å². The molecule has 1 spiro atoms. The third-order valence-corrected chi connectivity index (χ3v) is 8.50. The Morgan fingerprint density at radius 3 is 2.42 bits per heavy atom. The number of Topliss-reactive ketones (excluding diaryl/α,β-unsaturated/α-hetero) is 1. The number of hydrogen-bond acceptors (Lipinski definition) is 4. The number of carbonyl (C=O) groups is 1. The zero-order valence-corrected chi connectivity index (χ0v) is 15.0. The normalized spacial score (nSPS) is 55.9. The predicted octanol–water partition coefficient (Wildman–Crippen LogP) is 2.07. The summed E-state index contributed by atoms with van der Waals surface area (Å²) in [7, 11) is 0. The molecular formula is C20H30O4. The summed E-state index contributed by atoms with van der Waals surface area (Å²) in [6, 6.07) is 0. The fourth-order valence-corrected chi connectivity index (χ4v) is 7.45. The quantitative estimate of drug-likeness (QED) is 0.593. The highest BCUT2D eigenvalue weighted by atomic mass is 16.3. The minimum atomic E-state index is -0.945. The fraction of sp³-hybridized carbons (Fsp3) is 0.850. The molecule has 0 heterocycles. The Morgan fingerprint density at radius 1 is 1.08 bits per heavy atom. The molecule has 4 aliphatic rings. The maximum Gasteiger partial charge on any atom is 0.167 e. The van der Waals surface area contributed by atoms with Crippen LogP contribution in [0.25, 0.3) is 0 Å². The van der Waals surface area contributed by atoms with E-state index in [1.807, 2.05) is 0 Å². The van der Waals surface area contributed by atoms with Crippen LogP contribution in [0.3, 0.4) is 0 Å². The minimum Gasteiger partial charge on any atom is -0.393 e. The van der Waals surface area contributed by atoms with Gasteiger partial charge in [-0.1, -0.05) is 27.4 Å². The van der Waals surface area contributed by atoms with Gasteiger partial charge >= 0.3 is 0 Å². The maximum atomic E-state index is 13.1. The highest BCUT2D eigenvalue weighted by Crippen LogP contribution is 2.70. The van der Waals surface area contributed by atoms with Gasteiger partial charge in [0.25, 0.3) is 0 Å². The summed E-state index contributed by atoms with van der Waals surface area (Å²) in [4.78, 5) is 13.1. The van der Waals surface area contributed by atoms with E-state index in [0.29, 0.717) is 24.8 Å². The average Bonchev–Trinajstić information content (AvgIpc) is 2.62. The monoisotopic (exact) mass is 334 g/mol. The molecule has 4 saturated carbocycles. The van der Waals surface area contributed by atoms with E-state index < -0.39 is 35.1 Å². The molecule has 4 heteroatoms. The van der Waals surface area contributed by atoms with Crippen molar-refractivity contribution < 1.29 is 20.1 Å². The van der Waals surface area contributed by atoms with E-state index in [1.165, 1.54) is 0 Å². The van der Waals surface area contributed by atoms with Crippen LogP contribution in [-0.2, 0) is 4.79 Å². The van der Waals surface area contributed by atoms with Gasteiger partial charge in [0, 0.05) is 17.3 Å². The zero-order chi connectivity index (χ0) is 17.7. The number of fused-ring (bicyclic) bond motifs is 3. The Morgan fingerprint density at radius 2 is 1.75 bits per heavy atom. The van der Waals surface area contributed by atoms with Crippen molar-refractivity contribution in [1.82, 2.24) is 0 Å². The van der Waals surface area contributed by atoms with Crippen LogP contribution in [0.4, 0.5) is 0 Å². The lowest BCUT2D eigenvalue weighted by Crippen LogP contribution is -2.68. The summed E-state index contributed by atoms with van der Waals surface area (Å²) in [5, 5.41) is 33.0. The molecule has 0 aliphatic heterocycles. The second-order valence-electron chi connectivity index (χ2n) is 9.73. The highest BCUT2D eigenvalue weighted by Gasteiger charge is 2.74. The lowest BCUT2D eigenvalue weighted by atomic mass is 9.39.